The normalized spacial score (nSPS) is 9.47. The molecule has 0 rings (SSSR count). The predicted molar refractivity (Wildman–Crippen MR) is 61.6 cm³/mol. The maximum absolute atomic E-state index is 11.1. The van der Waals surface area contributed by atoms with Crippen LogP contribution in [0.25, 0.3) is 0 Å². The van der Waals surface area contributed by atoms with Gasteiger partial charge in [0.05, 0.1) is 0 Å². The number of hydrogen-bond acceptors (Lipinski definition) is 3. The molecular weight excluding hydrogens is 226 g/mol. The van der Waals surface area contributed by atoms with Crippen LogP contribution in [0.15, 0.2) is 0 Å². The second-order valence-corrected chi connectivity index (χ2v) is 3.38. The van der Waals surface area contributed by atoms with Crippen LogP contribution in [0.2, 0.25) is 0 Å². The summed E-state index contributed by atoms with van der Waals surface area (Å²) in [4.78, 5) is 32.3. The van der Waals surface area contributed by atoms with Crippen molar-refractivity contribution in [2.75, 3.05) is 19.6 Å². The number of carboxylic acids is 1. The molecule has 0 atom stereocenters. The lowest BCUT2D eigenvalue weighted by molar-refractivity contribution is -0.137. The summed E-state index contributed by atoms with van der Waals surface area (Å²) in [5.74, 6) is -0.998. The molecule has 7 nitrogen and oxygen atoms in total. The van der Waals surface area contributed by atoms with Crippen LogP contribution in [0, 0.1) is 0 Å². The number of aliphatic carboxylic acids is 1. The molecule has 0 aliphatic carbocycles. The van der Waals surface area contributed by atoms with Crippen LogP contribution in [0.1, 0.15) is 26.2 Å². The molecule has 98 valence electrons. The molecule has 0 unspecified atom stereocenters. The van der Waals surface area contributed by atoms with E-state index >= 15 is 0 Å². The van der Waals surface area contributed by atoms with Gasteiger partial charge in [0.15, 0.2) is 0 Å². The number of nitrogens with one attached hydrogen (secondary N) is 3. The van der Waals surface area contributed by atoms with Gasteiger partial charge < -0.3 is 21.1 Å². The van der Waals surface area contributed by atoms with Crippen LogP contribution in [0.4, 0.5) is 4.79 Å². The summed E-state index contributed by atoms with van der Waals surface area (Å²) in [6.45, 7) is 2.95. The largest absolute Gasteiger partial charge is 0.481 e. The van der Waals surface area contributed by atoms with E-state index in [0.29, 0.717) is 19.5 Å². The minimum Gasteiger partial charge on any atom is -0.481 e. The van der Waals surface area contributed by atoms with Gasteiger partial charge in [-0.05, 0) is 13.3 Å². The first-order chi connectivity index (χ1) is 8.06. The Bertz CT molecular complexity index is 268. The topological polar surface area (TPSA) is 108 Å². The Morgan fingerprint density at radius 3 is 2.24 bits per heavy atom. The monoisotopic (exact) mass is 245 g/mol. The fourth-order valence-corrected chi connectivity index (χ4v) is 1.08. The van der Waals surface area contributed by atoms with Crippen molar-refractivity contribution < 1.29 is 19.5 Å². The summed E-state index contributed by atoms with van der Waals surface area (Å²) in [5, 5.41) is 16.0. The number of carbonyl (C=O) groups excluding carboxylic acids is 2. The third-order valence-electron chi connectivity index (χ3n) is 1.86. The van der Waals surface area contributed by atoms with Gasteiger partial charge >= 0.3 is 12.0 Å². The minimum atomic E-state index is -0.886. The quantitative estimate of drug-likeness (QED) is 0.439. The molecule has 3 amide bonds. The van der Waals surface area contributed by atoms with Gasteiger partial charge in [0.2, 0.25) is 5.91 Å². The standard InChI is InChI=1S/C10H19N3O4/c1-2-11-8(14)5-7-13-10(17)12-6-3-4-9(15)16/h2-7H2,1H3,(H,11,14)(H,15,16)(H2,12,13,17). The molecule has 0 fully saturated rings. The lowest BCUT2D eigenvalue weighted by Crippen LogP contribution is -2.38. The van der Waals surface area contributed by atoms with Gasteiger partial charge in [-0.25, -0.2) is 4.79 Å². The third kappa shape index (κ3) is 10.5. The lowest BCUT2D eigenvalue weighted by Gasteiger charge is -2.06. The Morgan fingerprint density at radius 1 is 1.00 bits per heavy atom. The highest BCUT2D eigenvalue weighted by Crippen LogP contribution is 1.85. The first kappa shape index (κ1) is 15.2. The van der Waals surface area contributed by atoms with E-state index in [4.69, 9.17) is 5.11 Å². The maximum atomic E-state index is 11.1. The zero-order valence-electron chi connectivity index (χ0n) is 9.91. The number of rotatable bonds is 8. The van der Waals surface area contributed by atoms with E-state index in [-0.39, 0.29) is 31.3 Å². The molecule has 0 bridgehead atoms. The molecule has 0 aliphatic rings. The third-order valence-corrected chi connectivity index (χ3v) is 1.86. The molecule has 0 aromatic carbocycles. The van der Waals surface area contributed by atoms with Crippen molar-refractivity contribution >= 4 is 17.9 Å². The number of carboxylic acid groups (broad SMARTS) is 1. The molecule has 4 N–H and O–H groups in total. The Labute approximate surface area is 100.0 Å². The Hall–Kier alpha value is -1.79. The molecule has 0 saturated heterocycles. The van der Waals surface area contributed by atoms with E-state index in [1.54, 1.807) is 0 Å². The molecule has 0 radical (unpaired) electrons. The Morgan fingerprint density at radius 2 is 1.65 bits per heavy atom. The lowest BCUT2D eigenvalue weighted by atomic mass is 10.3. The van der Waals surface area contributed by atoms with Crippen LogP contribution in [0.5, 0.6) is 0 Å². The second-order valence-electron chi connectivity index (χ2n) is 3.38. The zero-order valence-corrected chi connectivity index (χ0v) is 9.91. The highest BCUT2D eigenvalue weighted by molar-refractivity contribution is 5.78. The fraction of sp³-hybridized carbons (Fsp3) is 0.700. The van der Waals surface area contributed by atoms with Crippen molar-refractivity contribution in [3.8, 4) is 0 Å². The highest BCUT2D eigenvalue weighted by atomic mass is 16.4. The van der Waals surface area contributed by atoms with E-state index in [2.05, 4.69) is 16.0 Å². The zero-order chi connectivity index (χ0) is 13.1. The number of carbonyl (C=O) groups is 3. The van der Waals surface area contributed by atoms with Crippen LogP contribution >= 0.6 is 0 Å². The Balaban J connectivity index is 3.40. The molecule has 0 aromatic heterocycles. The molecular formula is C10H19N3O4. The van der Waals surface area contributed by atoms with Gasteiger partial charge in [-0.15, -0.1) is 0 Å². The second kappa shape index (κ2) is 9.44. The molecule has 17 heavy (non-hydrogen) atoms. The number of hydrogen-bond donors (Lipinski definition) is 4. The minimum absolute atomic E-state index is 0.0270. The maximum Gasteiger partial charge on any atom is 0.314 e. The van der Waals surface area contributed by atoms with Crippen molar-refractivity contribution in [1.82, 2.24) is 16.0 Å². The molecule has 0 aromatic rings. The summed E-state index contributed by atoms with van der Waals surface area (Å²) in [6.07, 6.45) is 0.647. The average molecular weight is 245 g/mol. The van der Waals surface area contributed by atoms with E-state index < -0.39 is 5.97 Å². The smallest absolute Gasteiger partial charge is 0.314 e. The SMILES string of the molecule is CCNC(=O)CCNC(=O)NCCCC(=O)O. The van der Waals surface area contributed by atoms with Gasteiger partial charge in [-0.1, -0.05) is 0 Å². The predicted octanol–water partition coefficient (Wildman–Crippen LogP) is -0.323. The van der Waals surface area contributed by atoms with Gasteiger partial charge in [0, 0.05) is 32.5 Å². The molecule has 0 aliphatic heterocycles. The average Bonchev–Trinajstić information content (AvgIpc) is 2.24. The van der Waals surface area contributed by atoms with Crippen LogP contribution in [-0.4, -0.2) is 42.6 Å². The van der Waals surface area contributed by atoms with Crippen LogP contribution in [0.3, 0.4) is 0 Å². The van der Waals surface area contributed by atoms with Gasteiger partial charge in [0.1, 0.15) is 0 Å². The molecule has 0 spiro atoms. The number of urea groups is 1. The van der Waals surface area contributed by atoms with Gasteiger partial charge in [-0.3, -0.25) is 9.59 Å². The van der Waals surface area contributed by atoms with Gasteiger partial charge in [0.25, 0.3) is 0 Å². The summed E-state index contributed by atoms with van der Waals surface area (Å²) >= 11 is 0. The van der Waals surface area contributed by atoms with Crippen molar-refractivity contribution in [2.45, 2.75) is 26.2 Å². The van der Waals surface area contributed by atoms with Crippen molar-refractivity contribution in [3.63, 3.8) is 0 Å². The van der Waals surface area contributed by atoms with Crippen molar-refractivity contribution in [1.29, 1.82) is 0 Å². The van der Waals surface area contributed by atoms with Gasteiger partial charge in [-0.2, -0.15) is 0 Å². The fourth-order valence-electron chi connectivity index (χ4n) is 1.08. The van der Waals surface area contributed by atoms with E-state index in [1.807, 2.05) is 6.92 Å². The summed E-state index contributed by atoms with van der Waals surface area (Å²) < 4.78 is 0. The first-order valence-corrected chi connectivity index (χ1v) is 5.56. The van der Waals surface area contributed by atoms with E-state index in [0.717, 1.165) is 0 Å². The Kier molecular flexibility index (Phi) is 8.44. The van der Waals surface area contributed by atoms with E-state index in [9.17, 15) is 14.4 Å². The van der Waals surface area contributed by atoms with E-state index in [1.165, 1.54) is 0 Å². The highest BCUT2D eigenvalue weighted by Gasteiger charge is 2.02. The molecule has 7 heteroatoms. The summed E-state index contributed by atoms with van der Waals surface area (Å²) in [5.41, 5.74) is 0. The molecule has 0 heterocycles. The first-order valence-electron chi connectivity index (χ1n) is 5.56. The molecule has 0 saturated carbocycles. The summed E-state index contributed by atoms with van der Waals surface area (Å²) in [6, 6.07) is -0.389. The van der Waals surface area contributed by atoms with Crippen molar-refractivity contribution in [3.05, 3.63) is 0 Å². The van der Waals surface area contributed by atoms with Crippen molar-refractivity contribution in [2.24, 2.45) is 0 Å². The van der Waals surface area contributed by atoms with Crippen LogP contribution < -0.4 is 16.0 Å². The van der Waals surface area contributed by atoms with Crippen LogP contribution in [-0.2, 0) is 9.59 Å². The summed E-state index contributed by atoms with van der Waals surface area (Å²) in [7, 11) is 0. The number of amides is 3.